The number of rotatable bonds is 5. The maximum atomic E-state index is 12.6. The highest BCUT2D eigenvalue weighted by Gasteiger charge is 2.26. The van der Waals surface area contributed by atoms with Crippen molar-refractivity contribution in [2.24, 2.45) is 0 Å². The number of benzene rings is 1. The number of likely N-dealkylation sites (tertiary alicyclic amines) is 1. The van der Waals surface area contributed by atoms with Gasteiger partial charge in [-0.1, -0.05) is 6.92 Å². The van der Waals surface area contributed by atoms with Crippen molar-refractivity contribution in [1.82, 2.24) is 15.1 Å². The minimum atomic E-state index is 0.0588. The van der Waals surface area contributed by atoms with Crippen molar-refractivity contribution in [3.8, 4) is 11.5 Å². The van der Waals surface area contributed by atoms with E-state index in [1.807, 2.05) is 36.1 Å². The average Bonchev–Trinajstić information content (AvgIpc) is 3.11. The van der Waals surface area contributed by atoms with Gasteiger partial charge in [-0.2, -0.15) is 5.10 Å². The first kappa shape index (κ1) is 16.4. The topological polar surface area (TPSA) is 67.5 Å². The van der Waals surface area contributed by atoms with Crippen LogP contribution in [0.15, 0.2) is 30.5 Å². The number of aromatic nitrogens is 2. The van der Waals surface area contributed by atoms with Crippen molar-refractivity contribution in [3.63, 3.8) is 0 Å². The Morgan fingerprint density at radius 3 is 2.54 bits per heavy atom. The van der Waals surface area contributed by atoms with E-state index in [9.17, 15) is 4.79 Å². The van der Waals surface area contributed by atoms with Crippen LogP contribution in [0, 0.1) is 0 Å². The summed E-state index contributed by atoms with van der Waals surface area (Å²) in [5.41, 5.74) is 1.59. The van der Waals surface area contributed by atoms with Crippen LogP contribution in [0.1, 0.15) is 35.8 Å². The molecule has 0 bridgehead atoms. The summed E-state index contributed by atoms with van der Waals surface area (Å²) in [6.45, 7) is 3.42. The molecule has 1 aliphatic heterocycles. The van der Waals surface area contributed by atoms with Crippen LogP contribution in [0.3, 0.4) is 0 Å². The van der Waals surface area contributed by atoms with E-state index in [0.717, 1.165) is 36.5 Å². The predicted octanol–water partition coefficient (Wildman–Crippen LogP) is 2.66. The highest BCUT2D eigenvalue weighted by molar-refractivity contribution is 5.95. The Hall–Kier alpha value is -2.50. The fraction of sp³-hybridized carbons (Fsp3) is 0.444. The standard InChI is InChI=1S/C18H23N3O3/c1-3-17-16(12-19-20-17)18(22)21-10-8-15(9-11-21)24-14-6-4-13(23-2)5-7-14/h4-7,12,15H,3,8-11H2,1-2H3,(H,19,20). The summed E-state index contributed by atoms with van der Waals surface area (Å²) in [4.78, 5) is 14.5. The highest BCUT2D eigenvalue weighted by Crippen LogP contribution is 2.22. The number of carbonyl (C=O) groups is 1. The van der Waals surface area contributed by atoms with Crippen LogP contribution in [0.25, 0.3) is 0 Å². The van der Waals surface area contributed by atoms with Gasteiger partial charge >= 0.3 is 0 Å². The molecule has 128 valence electrons. The van der Waals surface area contributed by atoms with Gasteiger partial charge in [0.15, 0.2) is 0 Å². The maximum Gasteiger partial charge on any atom is 0.257 e. The number of H-pyrrole nitrogens is 1. The van der Waals surface area contributed by atoms with Gasteiger partial charge in [0.05, 0.1) is 18.9 Å². The van der Waals surface area contributed by atoms with Gasteiger partial charge in [0, 0.05) is 31.6 Å². The Kier molecular flexibility index (Phi) is 5.03. The number of hydrogen-bond acceptors (Lipinski definition) is 4. The molecule has 1 aromatic carbocycles. The molecule has 1 aromatic heterocycles. The summed E-state index contributed by atoms with van der Waals surface area (Å²) in [7, 11) is 1.65. The molecule has 2 aromatic rings. The number of aromatic amines is 1. The summed E-state index contributed by atoms with van der Waals surface area (Å²) >= 11 is 0. The van der Waals surface area contributed by atoms with Crippen LogP contribution in [0.5, 0.6) is 11.5 Å². The van der Waals surface area contributed by atoms with Gasteiger partial charge in [0.1, 0.15) is 17.6 Å². The molecule has 1 fully saturated rings. The minimum absolute atomic E-state index is 0.0588. The normalized spacial score (nSPS) is 15.3. The zero-order valence-electron chi connectivity index (χ0n) is 14.1. The molecule has 0 radical (unpaired) electrons. The van der Waals surface area contributed by atoms with Gasteiger partial charge in [-0.25, -0.2) is 0 Å². The van der Waals surface area contributed by atoms with E-state index in [1.54, 1.807) is 13.3 Å². The number of aryl methyl sites for hydroxylation is 1. The lowest BCUT2D eigenvalue weighted by atomic mass is 10.1. The molecular formula is C18H23N3O3. The molecule has 1 saturated heterocycles. The van der Waals surface area contributed by atoms with Gasteiger partial charge in [-0.15, -0.1) is 0 Å². The van der Waals surface area contributed by atoms with Gasteiger partial charge < -0.3 is 14.4 Å². The van der Waals surface area contributed by atoms with Crippen LogP contribution in [0.2, 0.25) is 0 Å². The zero-order chi connectivity index (χ0) is 16.9. The van der Waals surface area contributed by atoms with Crippen LogP contribution in [0.4, 0.5) is 0 Å². The number of hydrogen-bond donors (Lipinski definition) is 1. The summed E-state index contributed by atoms with van der Waals surface area (Å²) in [5.74, 6) is 1.71. The third kappa shape index (κ3) is 3.53. The van der Waals surface area contributed by atoms with E-state index < -0.39 is 0 Å². The Morgan fingerprint density at radius 2 is 1.92 bits per heavy atom. The second-order valence-electron chi connectivity index (χ2n) is 5.90. The summed E-state index contributed by atoms with van der Waals surface area (Å²) in [6, 6.07) is 7.60. The number of piperidine rings is 1. The number of ether oxygens (including phenoxy) is 2. The van der Waals surface area contributed by atoms with E-state index in [-0.39, 0.29) is 12.0 Å². The molecule has 1 aliphatic rings. The molecule has 0 unspecified atom stereocenters. The molecule has 3 rings (SSSR count). The zero-order valence-corrected chi connectivity index (χ0v) is 14.1. The Bertz CT molecular complexity index is 673. The molecule has 2 heterocycles. The molecule has 0 atom stereocenters. The molecule has 1 amide bonds. The fourth-order valence-electron chi connectivity index (χ4n) is 2.96. The van der Waals surface area contributed by atoms with E-state index in [1.165, 1.54) is 0 Å². The Morgan fingerprint density at radius 1 is 1.25 bits per heavy atom. The molecule has 1 N–H and O–H groups in total. The lowest BCUT2D eigenvalue weighted by Gasteiger charge is -2.32. The van der Waals surface area contributed by atoms with E-state index in [4.69, 9.17) is 9.47 Å². The molecule has 24 heavy (non-hydrogen) atoms. The number of carbonyl (C=O) groups excluding carboxylic acids is 1. The third-order valence-electron chi connectivity index (χ3n) is 4.39. The van der Waals surface area contributed by atoms with Crippen LogP contribution < -0.4 is 9.47 Å². The summed E-state index contributed by atoms with van der Waals surface area (Å²) in [5, 5.41) is 6.88. The van der Waals surface area contributed by atoms with E-state index >= 15 is 0 Å². The number of methoxy groups -OCH3 is 1. The number of nitrogens with zero attached hydrogens (tertiary/aromatic N) is 2. The molecule has 0 saturated carbocycles. The lowest BCUT2D eigenvalue weighted by molar-refractivity contribution is 0.0594. The first-order valence-electron chi connectivity index (χ1n) is 8.33. The van der Waals surface area contributed by atoms with Crippen molar-refractivity contribution in [3.05, 3.63) is 41.7 Å². The fourth-order valence-corrected chi connectivity index (χ4v) is 2.96. The van der Waals surface area contributed by atoms with Gasteiger partial charge in [0.2, 0.25) is 0 Å². The maximum absolute atomic E-state index is 12.6. The van der Waals surface area contributed by atoms with Crippen LogP contribution in [-0.4, -0.2) is 47.3 Å². The number of nitrogens with one attached hydrogen (secondary N) is 1. The third-order valence-corrected chi connectivity index (χ3v) is 4.39. The van der Waals surface area contributed by atoms with Gasteiger partial charge in [0.25, 0.3) is 5.91 Å². The second-order valence-corrected chi connectivity index (χ2v) is 5.90. The SMILES string of the molecule is CCc1[nH]ncc1C(=O)N1CCC(Oc2ccc(OC)cc2)CC1. The minimum Gasteiger partial charge on any atom is -0.497 e. The quantitative estimate of drug-likeness (QED) is 0.916. The highest BCUT2D eigenvalue weighted by atomic mass is 16.5. The molecule has 6 heteroatoms. The van der Waals surface area contributed by atoms with E-state index in [0.29, 0.717) is 18.7 Å². The van der Waals surface area contributed by atoms with Crippen molar-refractivity contribution in [2.45, 2.75) is 32.3 Å². The molecule has 0 spiro atoms. The first-order chi connectivity index (χ1) is 11.7. The van der Waals surface area contributed by atoms with Gasteiger partial charge in [-0.3, -0.25) is 9.89 Å². The van der Waals surface area contributed by atoms with Crippen LogP contribution >= 0.6 is 0 Å². The van der Waals surface area contributed by atoms with Crippen molar-refractivity contribution >= 4 is 5.91 Å². The summed E-state index contributed by atoms with van der Waals surface area (Å²) < 4.78 is 11.2. The van der Waals surface area contributed by atoms with Crippen molar-refractivity contribution < 1.29 is 14.3 Å². The smallest absolute Gasteiger partial charge is 0.257 e. The first-order valence-corrected chi connectivity index (χ1v) is 8.33. The van der Waals surface area contributed by atoms with Crippen molar-refractivity contribution in [2.75, 3.05) is 20.2 Å². The average molecular weight is 329 g/mol. The van der Waals surface area contributed by atoms with Gasteiger partial charge in [-0.05, 0) is 30.7 Å². The van der Waals surface area contributed by atoms with E-state index in [2.05, 4.69) is 10.2 Å². The Balaban J connectivity index is 1.54. The predicted molar refractivity (Wildman–Crippen MR) is 90.5 cm³/mol. The molecule has 0 aliphatic carbocycles. The molecular weight excluding hydrogens is 306 g/mol. The molecule has 6 nitrogen and oxygen atoms in total. The second kappa shape index (κ2) is 7.38. The Labute approximate surface area is 141 Å². The van der Waals surface area contributed by atoms with Crippen LogP contribution in [-0.2, 0) is 6.42 Å². The summed E-state index contributed by atoms with van der Waals surface area (Å²) in [6.07, 6.45) is 4.20. The van der Waals surface area contributed by atoms with Crippen molar-refractivity contribution in [1.29, 1.82) is 0 Å². The number of amides is 1. The monoisotopic (exact) mass is 329 g/mol. The lowest BCUT2D eigenvalue weighted by Crippen LogP contribution is -2.42. The largest absolute Gasteiger partial charge is 0.497 e.